The molecule has 0 aromatic heterocycles. The first-order valence-corrected chi connectivity index (χ1v) is 5.87. The van der Waals surface area contributed by atoms with Crippen LogP contribution in [0.1, 0.15) is 25.7 Å². The lowest BCUT2D eigenvalue weighted by molar-refractivity contribution is -0.162. The second-order valence-corrected chi connectivity index (χ2v) is 4.62. The summed E-state index contributed by atoms with van der Waals surface area (Å²) in [4.78, 5) is 12.2. The fourth-order valence-corrected chi connectivity index (χ4v) is 2.01. The largest absolute Gasteiger partial charge is 0.399 e. The molecule has 7 heteroatoms. The van der Waals surface area contributed by atoms with Gasteiger partial charge in [0.2, 0.25) is 5.91 Å². The van der Waals surface area contributed by atoms with Crippen molar-refractivity contribution >= 4 is 23.1 Å². The maximum Gasteiger partial charge on any atom is 0.399 e. The molecule has 0 aliphatic carbocycles. The van der Waals surface area contributed by atoms with Gasteiger partial charge in [0.25, 0.3) is 0 Å². The van der Waals surface area contributed by atoms with Gasteiger partial charge in [-0.1, -0.05) is 18.6 Å². The van der Waals surface area contributed by atoms with E-state index in [1.54, 1.807) is 0 Å². The van der Waals surface area contributed by atoms with E-state index < -0.39 is 23.6 Å². The van der Waals surface area contributed by atoms with Crippen molar-refractivity contribution in [2.45, 2.75) is 31.9 Å². The Kier molecular flexibility index (Phi) is 4.73. The number of hydrogen-bond acceptors (Lipinski definition) is 2. The number of nitrogens with zero attached hydrogens (tertiary/aromatic N) is 1. The summed E-state index contributed by atoms with van der Waals surface area (Å²) in [5.41, 5.74) is 5.10. The van der Waals surface area contributed by atoms with Crippen LogP contribution in [0.3, 0.4) is 0 Å². The number of carbonyl (C=O) groups excluding carboxylic acids is 1. The van der Waals surface area contributed by atoms with Gasteiger partial charge in [-0.3, -0.25) is 4.79 Å². The maximum absolute atomic E-state index is 12.6. The van der Waals surface area contributed by atoms with Gasteiger partial charge < -0.3 is 10.6 Å². The number of amides is 1. The number of carbonyl (C=O) groups is 1. The lowest BCUT2D eigenvalue weighted by Crippen LogP contribution is -2.45. The first-order valence-electron chi connectivity index (χ1n) is 5.46. The first kappa shape index (κ1) is 14.2. The average Bonchev–Trinajstić information content (AvgIpc) is 2.37. The molecule has 1 rings (SSSR count). The van der Waals surface area contributed by atoms with Gasteiger partial charge in [0.1, 0.15) is 5.92 Å². The summed E-state index contributed by atoms with van der Waals surface area (Å²) in [5.74, 6) is -2.15. The third-order valence-corrected chi connectivity index (χ3v) is 3.10. The monoisotopic (exact) mass is 268 g/mol. The van der Waals surface area contributed by atoms with Gasteiger partial charge in [-0.25, -0.2) is 0 Å². The van der Waals surface area contributed by atoms with E-state index in [-0.39, 0.29) is 5.91 Å². The van der Waals surface area contributed by atoms with Crippen molar-refractivity contribution in [3.8, 4) is 0 Å². The van der Waals surface area contributed by atoms with Gasteiger partial charge in [0.05, 0.1) is 4.99 Å². The average molecular weight is 268 g/mol. The summed E-state index contributed by atoms with van der Waals surface area (Å²) in [7, 11) is 0. The number of rotatable bonds is 3. The molecule has 1 unspecified atom stereocenters. The van der Waals surface area contributed by atoms with Crippen LogP contribution in [0.15, 0.2) is 0 Å². The molecule has 1 aliphatic heterocycles. The zero-order valence-corrected chi connectivity index (χ0v) is 10.1. The van der Waals surface area contributed by atoms with Crippen molar-refractivity contribution in [1.29, 1.82) is 0 Å². The van der Waals surface area contributed by atoms with Crippen LogP contribution in [0.5, 0.6) is 0 Å². The molecule has 98 valence electrons. The molecule has 1 fully saturated rings. The highest BCUT2D eigenvalue weighted by Crippen LogP contribution is 2.28. The summed E-state index contributed by atoms with van der Waals surface area (Å²) in [6, 6.07) is 0. The topological polar surface area (TPSA) is 46.3 Å². The lowest BCUT2D eigenvalue weighted by atomic mass is 10.1. The molecule has 0 bridgehead atoms. The van der Waals surface area contributed by atoms with E-state index in [9.17, 15) is 18.0 Å². The number of halogens is 3. The summed E-state index contributed by atoms with van der Waals surface area (Å²) >= 11 is 4.43. The Balaban J connectivity index is 2.72. The zero-order chi connectivity index (χ0) is 13.1. The minimum Gasteiger partial charge on any atom is -0.393 e. The van der Waals surface area contributed by atoms with Crippen LogP contribution in [0.2, 0.25) is 0 Å². The second kappa shape index (κ2) is 5.66. The standard InChI is InChI=1S/C10H15F3N2OS/c11-10(12,13)7(9(14)17)6-15-5-3-1-2-4-8(15)16/h7H,1-6H2,(H2,14,17). The Hall–Kier alpha value is -0.850. The highest BCUT2D eigenvalue weighted by atomic mass is 32.1. The Bertz CT molecular complexity index is 306. The summed E-state index contributed by atoms with van der Waals surface area (Å²) in [5, 5.41) is 0. The summed E-state index contributed by atoms with van der Waals surface area (Å²) < 4.78 is 37.9. The van der Waals surface area contributed by atoms with E-state index in [4.69, 9.17) is 5.73 Å². The van der Waals surface area contributed by atoms with Crippen LogP contribution in [0.4, 0.5) is 13.2 Å². The fraction of sp³-hybridized carbons (Fsp3) is 0.800. The molecule has 0 aromatic rings. The van der Waals surface area contributed by atoms with Gasteiger partial charge in [-0.05, 0) is 12.8 Å². The normalized spacial score (nSPS) is 19.9. The molecule has 0 spiro atoms. The molecule has 0 radical (unpaired) electrons. The van der Waals surface area contributed by atoms with Crippen LogP contribution < -0.4 is 5.73 Å². The second-order valence-electron chi connectivity index (χ2n) is 4.15. The third-order valence-electron chi connectivity index (χ3n) is 2.81. The smallest absolute Gasteiger partial charge is 0.393 e. The van der Waals surface area contributed by atoms with Gasteiger partial charge in [0, 0.05) is 19.5 Å². The Morgan fingerprint density at radius 3 is 2.59 bits per heavy atom. The van der Waals surface area contributed by atoms with Crippen LogP contribution in [0.25, 0.3) is 0 Å². The zero-order valence-electron chi connectivity index (χ0n) is 9.29. The summed E-state index contributed by atoms with van der Waals surface area (Å²) in [6.45, 7) is -0.0916. The van der Waals surface area contributed by atoms with E-state index in [0.717, 1.165) is 19.3 Å². The van der Waals surface area contributed by atoms with Crippen LogP contribution in [-0.2, 0) is 4.79 Å². The fourth-order valence-electron chi connectivity index (χ4n) is 1.81. The highest BCUT2D eigenvalue weighted by molar-refractivity contribution is 7.80. The first-order chi connectivity index (χ1) is 7.82. The minimum absolute atomic E-state index is 0.243. The molecule has 1 amide bonds. The summed E-state index contributed by atoms with van der Waals surface area (Å²) in [6.07, 6.45) is -1.85. The van der Waals surface area contributed by atoms with E-state index in [1.807, 2.05) is 0 Å². The Labute approximate surface area is 103 Å². The molecule has 1 heterocycles. The number of nitrogens with two attached hydrogens (primary N) is 1. The van der Waals surface area contributed by atoms with E-state index >= 15 is 0 Å². The molecule has 1 aliphatic rings. The molecule has 0 saturated carbocycles. The molecule has 0 aromatic carbocycles. The molecule has 1 atom stereocenters. The van der Waals surface area contributed by atoms with Crippen LogP contribution >= 0.6 is 12.2 Å². The SMILES string of the molecule is NC(=S)C(CN1CCCCCC1=O)C(F)(F)F. The quantitative estimate of drug-likeness (QED) is 0.795. The van der Waals surface area contributed by atoms with E-state index in [2.05, 4.69) is 12.2 Å². The molecule has 3 nitrogen and oxygen atoms in total. The third kappa shape index (κ3) is 4.14. The molecule has 2 N–H and O–H groups in total. The van der Waals surface area contributed by atoms with Crippen molar-refractivity contribution in [3.05, 3.63) is 0 Å². The Morgan fingerprint density at radius 2 is 2.06 bits per heavy atom. The predicted octanol–water partition coefficient (Wildman–Crippen LogP) is 1.85. The minimum atomic E-state index is -4.49. The van der Waals surface area contributed by atoms with E-state index in [0.29, 0.717) is 13.0 Å². The van der Waals surface area contributed by atoms with Crippen molar-refractivity contribution in [2.75, 3.05) is 13.1 Å². The van der Waals surface area contributed by atoms with E-state index in [1.165, 1.54) is 4.90 Å². The van der Waals surface area contributed by atoms with Crippen molar-refractivity contribution in [3.63, 3.8) is 0 Å². The molecule has 1 saturated heterocycles. The number of thiocarbonyl (C=S) groups is 1. The van der Waals surface area contributed by atoms with Crippen LogP contribution in [0, 0.1) is 5.92 Å². The number of likely N-dealkylation sites (tertiary alicyclic amines) is 1. The maximum atomic E-state index is 12.6. The van der Waals surface area contributed by atoms with Crippen molar-refractivity contribution in [2.24, 2.45) is 11.7 Å². The highest BCUT2D eigenvalue weighted by Gasteiger charge is 2.43. The molecular formula is C10H15F3N2OS. The van der Waals surface area contributed by atoms with Crippen LogP contribution in [-0.4, -0.2) is 35.1 Å². The van der Waals surface area contributed by atoms with Crippen molar-refractivity contribution < 1.29 is 18.0 Å². The molecule has 17 heavy (non-hydrogen) atoms. The van der Waals surface area contributed by atoms with Gasteiger partial charge in [0.15, 0.2) is 0 Å². The predicted molar refractivity (Wildman–Crippen MR) is 61.4 cm³/mol. The van der Waals surface area contributed by atoms with Gasteiger partial charge in [-0.2, -0.15) is 13.2 Å². The molecular weight excluding hydrogens is 253 g/mol. The van der Waals surface area contributed by atoms with Crippen molar-refractivity contribution in [1.82, 2.24) is 4.90 Å². The Morgan fingerprint density at radius 1 is 1.41 bits per heavy atom. The lowest BCUT2D eigenvalue weighted by Gasteiger charge is -2.27. The van der Waals surface area contributed by atoms with Gasteiger partial charge >= 0.3 is 6.18 Å². The number of alkyl halides is 3. The van der Waals surface area contributed by atoms with Gasteiger partial charge in [-0.15, -0.1) is 0 Å². The number of hydrogen-bond donors (Lipinski definition) is 1.